The summed E-state index contributed by atoms with van der Waals surface area (Å²) in [5.74, 6) is 0. The van der Waals surface area contributed by atoms with Gasteiger partial charge in [-0.05, 0) is 14.1 Å². The molecule has 0 atom stereocenters. The Labute approximate surface area is 70.1 Å². The molecule has 0 radical (unpaired) electrons. The van der Waals surface area contributed by atoms with Crippen LogP contribution in [-0.2, 0) is 0 Å². The first-order valence-corrected chi connectivity index (χ1v) is 2.82. The molecule has 0 aliphatic heterocycles. The van der Waals surface area contributed by atoms with Crippen LogP contribution in [0, 0.1) is 0 Å². The molecule has 0 aromatic rings. The van der Waals surface area contributed by atoms with Gasteiger partial charge in [0, 0.05) is 0 Å². The van der Waals surface area contributed by atoms with Crippen LogP contribution in [0.5, 0.6) is 0 Å². The van der Waals surface area contributed by atoms with E-state index in [2.05, 4.69) is 26.2 Å². The molecular weight excluding hydrogens is 107 g/mol. The molecule has 0 unspecified atom stereocenters. The van der Waals surface area contributed by atoms with Gasteiger partial charge < -0.3 is 10.4 Å². The van der Waals surface area contributed by atoms with Crippen molar-refractivity contribution in [3.63, 3.8) is 0 Å². The van der Waals surface area contributed by atoms with Crippen molar-refractivity contribution in [2.45, 2.75) is 26.3 Å². The van der Waals surface area contributed by atoms with Crippen molar-refractivity contribution in [3.05, 3.63) is 5.43 Å². The minimum Gasteiger partial charge on any atom is -0.590 e. The monoisotopic (exact) mass is 122 g/mol. The van der Waals surface area contributed by atoms with Gasteiger partial charge in [-0.25, -0.2) is 0 Å². The maximum Gasteiger partial charge on any atom is 1.00 e. The molecular formula is C6H15LiN2. The molecule has 0 aromatic heterocycles. The van der Waals surface area contributed by atoms with E-state index in [0.29, 0.717) is 0 Å². The average molecular weight is 122 g/mol. The Morgan fingerprint density at radius 1 is 1.11 bits per heavy atom. The van der Waals surface area contributed by atoms with E-state index in [1.165, 1.54) is 0 Å². The smallest absolute Gasteiger partial charge is 0.590 e. The van der Waals surface area contributed by atoms with Crippen molar-refractivity contribution in [1.29, 1.82) is 0 Å². The van der Waals surface area contributed by atoms with Crippen LogP contribution in [0.25, 0.3) is 5.43 Å². The fourth-order valence-corrected chi connectivity index (χ4v) is 0.600. The van der Waals surface area contributed by atoms with E-state index in [-0.39, 0.29) is 24.4 Å². The van der Waals surface area contributed by atoms with Crippen LogP contribution in [0.3, 0.4) is 0 Å². The second kappa shape index (κ2) is 4.35. The summed E-state index contributed by atoms with van der Waals surface area (Å²) in [5, 5.41) is 1.83. The first kappa shape index (κ1) is 12.2. The molecule has 9 heavy (non-hydrogen) atoms. The molecule has 0 amide bonds. The van der Waals surface area contributed by atoms with Crippen LogP contribution in [0.2, 0.25) is 0 Å². The standard InChI is InChI=1S/C6H15N2.Li/c1-6(2,3)7-8(4)5;/h1-5H3;/q-1;+1. The molecule has 3 heteroatoms. The van der Waals surface area contributed by atoms with Gasteiger partial charge in [0.15, 0.2) is 0 Å². The van der Waals surface area contributed by atoms with Gasteiger partial charge in [0.1, 0.15) is 0 Å². The van der Waals surface area contributed by atoms with Gasteiger partial charge in [-0.1, -0.05) is 20.8 Å². The SMILES string of the molecule is CN(C)[N-]C(C)(C)C.[Li+]. The normalized spacial score (nSPS) is 11.3. The van der Waals surface area contributed by atoms with Crippen LogP contribution in [0.4, 0.5) is 0 Å². The third kappa shape index (κ3) is 11.9. The Balaban J connectivity index is 0. The molecule has 50 valence electrons. The minimum atomic E-state index is 0. The van der Waals surface area contributed by atoms with Gasteiger partial charge in [-0.2, -0.15) is 0 Å². The maximum absolute atomic E-state index is 4.24. The van der Waals surface area contributed by atoms with Crippen molar-refractivity contribution in [2.75, 3.05) is 14.1 Å². The Bertz CT molecular complexity index is 65.9. The van der Waals surface area contributed by atoms with Crippen molar-refractivity contribution in [3.8, 4) is 0 Å². The number of hydrogen-bond acceptors (Lipinski definition) is 1. The van der Waals surface area contributed by atoms with E-state index < -0.39 is 0 Å². The largest absolute Gasteiger partial charge is 1.00 e. The predicted molar refractivity (Wildman–Crippen MR) is 36.8 cm³/mol. The van der Waals surface area contributed by atoms with Crippen molar-refractivity contribution in [1.82, 2.24) is 5.01 Å². The Morgan fingerprint density at radius 2 is 1.44 bits per heavy atom. The third-order valence-corrected chi connectivity index (χ3v) is 0.500. The summed E-state index contributed by atoms with van der Waals surface area (Å²) in [5.41, 5.74) is 4.32. The van der Waals surface area contributed by atoms with Crippen molar-refractivity contribution in [2.24, 2.45) is 0 Å². The number of rotatable bonds is 1. The fraction of sp³-hybridized carbons (Fsp3) is 1.00. The van der Waals surface area contributed by atoms with Gasteiger partial charge >= 0.3 is 18.9 Å². The van der Waals surface area contributed by atoms with Crippen LogP contribution < -0.4 is 18.9 Å². The van der Waals surface area contributed by atoms with Gasteiger partial charge in [0.2, 0.25) is 0 Å². The summed E-state index contributed by atoms with van der Waals surface area (Å²) in [6, 6.07) is 0. The molecule has 0 N–H and O–H groups in total. The Kier molecular flexibility index (Phi) is 5.91. The molecule has 0 spiro atoms. The fourth-order valence-electron chi connectivity index (χ4n) is 0.600. The quantitative estimate of drug-likeness (QED) is 0.310. The predicted octanol–water partition coefficient (Wildman–Crippen LogP) is -1.36. The zero-order chi connectivity index (χ0) is 6.78. The first-order valence-electron chi connectivity index (χ1n) is 2.82. The summed E-state index contributed by atoms with van der Waals surface area (Å²) >= 11 is 0. The van der Waals surface area contributed by atoms with E-state index in [0.717, 1.165) is 0 Å². The summed E-state index contributed by atoms with van der Waals surface area (Å²) < 4.78 is 0. The number of hydrogen-bond donors (Lipinski definition) is 0. The summed E-state index contributed by atoms with van der Waals surface area (Å²) in [4.78, 5) is 0. The van der Waals surface area contributed by atoms with Crippen LogP contribution in [-0.4, -0.2) is 24.6 Å². The molecule has 0 saturated heterocycles. The minimum absolute atomic E-state index is 0. The van der Waals surface area contributed by atoms with E-state index in [4.69, 9.17) is 0 Å². The topological polar surface area (TPSA) is 17.3 Å². The second-order valence-electron chi connectivity index (χ2n) is 3.12. The first-order chi connectivity index (χ1) is 3.42. The average Bonchev–Trinajstić information content (AvgIpc) is 1.21. The molecule has 0 saturated carbocycles. The zero-order valence-electron chi connectivity index (χ0n) is 7.39. The molecule has 0 aliphatic carbocycles. The van der Waals surface area contributed by atoms with E-state index in [1.807, 2.05) is 19.1 Å². The molecule has 0 aliphatic rings. The molecule has 0 heterocycles. The van der Waals surface area contributed by atoms with Gasteiger partial charge in [-0.3, -0.25) is 0 Å². The Morgan fingerprint density at radius 3 is 1.44 bits per heavy atom. The van der Waals surface area contributed by atoms with Crippen LogP contribution in [0.1, 0.15) is 20.8 Å². The summed E-state index contributed by atoms with van der Waals surface area (Å²) in [6.45, 7) is 6.23. The zero-order valence-corrected chi connectivity index (χ0v) is 7.39. The third-order valence-electron chi connectivity index (χ3n) is 0.500. The molecule has 0 bridgehead atoms. The Hall–Kier alpha value is 0.517. The maximum atomic E-state index is 4.24. The van der Waals surface area contributed by atoms with Gasteiger partial charge in [0.05, 0.1) is 0 Å². The van der Waals surface area contributed by atoms with Gasteiger partial charge in [-0.15, -0.1) is 5.54 Å². The molecule has 2 nitrogen and oxygen atoms in total. The van der Waals surface area contributed by atoms with Gasteiger partial charge in [0.25, 0.3) is 0 Å². The number of nitrogens with zero attached hydrogens (tertiary/aromatic N) is 2. The van der Waals surface area contributed by atoms with Crippen LogP contribution >= 0.6 is 0 Å². The van der Waals surface area contributed by atoms with E-state index in [9.17, 15) is 0 Å². The van der Waals surface area contributed by atoms with E-state index in [1.54, 1.807) is 0 Å². The molecule has 0 fully saturated rings. The van der Waals surface area contributed by atoms with Crippen molar-refractivity contribution >= 4 is 0 Å². The summed E-state index contributed by atoms with van der Waals surface area (Å²) in [7, 11) is 3.87. The van der Waals surface area contributed by atoms with Crippen molar-refractivity contribution < 1.29 is 18.9 Å². The molecule has 0 rings (SSSR count). The second-order valence-corrected chi connectivity index (χ2v) is 3.12. The summed E-state index contributed by atoms with van der Waals surface area (Å²) in [6.07, 6.45) is 0. The van der Waals surface area contributed by atoms with E-state index >= 15 is 0 Å². The molecule has 0 aromatic carbocycles. The van der Waals surface area contributed by atoms with Crippen LogP contribution in [0.15, 0.2) is 0 Å².